The van der Waals surface area contributed by atoms with Gasteiger partial charge in [0.25, 0.3) is 0 Å². The molecule has 98 valence electrons. The lowest BCUT2D eigenvalue weighted by molar-refractivity contribution is -0.135. The van der Waals surface area contributed by atoms with Crippen molar-refractivity contribution >= 4 is 5.91 Å². The predicted molar refractivity (Wildman–Crippen MR) is 73.0 cm³/mol. The van der Waals surface area contributed by atoms with Crippen molar-refractivity contribution in [2.75, 3.05) is 13.1 Å². The number of nitrogens with zero attached hydrogens (tertiary/aromatic N) is 1. The third-order valence-corrected chi connectivity index (χ3v) is 3.64. The Morgan fingerprint density at radius 2 is 2.00 bits per heavy atom. The Hall–Kier alpha value is -1.35. The minimum Gasteiger partial charge on any atom is -0.341 e. The molecule has 0 bridgehead atoms. The molecule has 1 aromatic rings. The van der Waals surface area contributed by atoms with E-state index in [4.69, 9.17) is 5.73 Å². The summed E-state index contributed by atoms with van der Waals surface area (Å²) in [6.45, 7) is 6.07. The van der Waals surface area contributed by atoms with Gasteiger partial charge in [-0.15, -0.1) is 0 Å². The summed E-state index contributed by atoms with van der Waals surface area (Å²) in [6.07, 6.45) is 2.25. The molecule has 0 aromatic heterocycles. The van der Waals surface area contributed by atoms with E-state index in [-0.39, 0.29) is 11.3 Å². The second-order valence-electron chi connectivity index (χ2n) is 5.92. The van der Waals surface area contributed by atoms with Crippen LogP contribution in [0.2, 0.25) is 0 Å². The van der Waals surface area contributed by atoms with E-state index in [1.54, 1.807) is 0 Å². The van der Waals surface area contributed by atoms with Crippen molar-refractivity contribution in [1.29, 1.82) is 0 Å². The Labute approximate surface area is 109 Å². The molecular formula is C15H22N2O. The standard InChI is InChI=1S/C15H22N2O/c1-15(2)9-6-10-17(11-15)14(18)13(16)12-7-4-3-5-8-12/h3-5,7-8,13H,6,9-11,16H2,1-2H3/t13-/m1/s1. The van der Waals surface area contributed by atoms with Gasteiger partial charge in [-0.2, -0.15) is 0 Å². The van der Waals surface area contributed by atoms with Gasteiger partial charge in [0.2, 0.25) is 5.91 Å². The zero-order valence-electron chi connectivity index (χ0n) is 11.2. The fraction of sp³-hybridized carbons (Fsp3) is 0.533. The van der Waals surface area contributed by atoms with Crippen molar-refractivity contribution in [2.45, 2.75) is 32.7 Å². The average Bonchev–Trinajstić information content (AvgIpc) is 2.37. The van der Waals surface area contributed by atoms with Crippen LogP contribution in [0.25, 0.3) is 0 Å². The van der Waals surface area contributed by atoms with E-state index in [1.807, 2.05) is 35.2 Å². The summed E-state index contributed by atoms with van der Waals surface area (Å²) in [5, 5.41) is 0. The van der Waals surface area contributed by atoms with Crippen LogP contribution in [0.1, 0.15) is 38.3 Å². The molecule has 18 heavy (non-hydrogen) atoms. The first-order valence-electron chi connectivity index (χ1n) is 6.59. The number of hydrogen-bond acceptors (Lipinski definition) is 2. The van der Waals surface area contributed by atoms with Crippen LogP contribution in [0.3, 0.4) is 0 Å². The summed E-state index contributed by atoms with van der Waals surface area (Å²) in [6, 6.07) is 9.07. The van der Waals surface area contributed by atoms with Crippen LogP contribution in [0.4, 0.5) is 0 Å². The van der Waals surface area contributed by atoms with Gasteiger partial charge >= 0.3 is 0 Å². The lowest BCUT2D eigenvalue weighted by Gasteiger charge is -2.39. The maximum Gasteiger partial charge on any atom is 0.244 e. The first kappa shape index (κ1) is 13.1. The maximum absolute atomic E-state index is 12.4. The lowest BCUT2D eigenvalue weighted by atomic mass is 9.84. The minimum absolute atomic E-state index is 0.0500. The monoisotopic (exact) mass is 246 g/mol. The van der Waals surface area contributed by atoms with Crippen LogP contribution in [0.5, 0.6) is 0 Å². The summed E-state index contributed by atoms with van der Waals surface area (Å²) in [4.78, 5) is 14.3. The molecule has 2 rings (SSSR count). The lowest BCUT2D eigenvalue weighted by Crippen LogP contribution is -2.47. The van der Waals surface area contributed by atoms with Crippen molar-refractivity contribution in [1.82, 2.24) is 4.90 Å². The summed E-state index contributed by atoms with van der Waals surface area (Å²) in [7, 11) is 0. The Kier molecular flexibility index (Phi) is 3.71. The molecule has 0 unspecified atom stereocenters. The third kappa shape index (κ3) is 2.91. The Morgan fingerprint density at radius 1 is 1.33 bits per heavy atom. The first-order chi connectivity index (χ1) is 8.49. The first-order valence-corrected chi connectivity index (χ1v) is 6.59. The molecule has 3 nitrogen and oxygen atoms in total. The molecule has 1 aliphatic rings. The molecule has 0 aliphatic carbocycles. The second-order valence-corrected chi connectivity index (χ2v) is 5.92. The van der Waals surface area contributed by atoms with Crippen molar-refractivity contribution in [2.24, 2.45) is 11.1 Å². The zero-order valence-corrected chi connectivity index (χ0v) is 11.2. The molecule has 1 aromatic carbocycles. The van der Waals surface area contributed by atoms with E-state index in [9.17, 15) is 4.79 Å². The van der Waals surface area contributed by atoms with Crippen LogP contribution in [0.15, 0.2) is 30.3 Å². The number of piperidine rings is 1. The summed E-state index contributed by atoms with van der Waals surface area (Å²) in [5.74, 6) is 0.0500. The Balaban J connectivity index is 2.07. The highest BCUT2D eigenvalue weighted by Crippen LogP contribution is 2.29. The van der Waals surface area contributed by atoms with Crippen molar-refractivity contribution in [3.63, 3.8) is 0 Å². The second kappa shape index (κ2) is 5.11. The maximum atomic E-state index is 12.4. The number of nitrogens with two attached hydrogens (primary N) is 1. The highest BCUT2D eigenvalue weighted by Gasteiger charge is 2.31. The van der Waals surface area contributed by atoms with Crippen molar-refractivity contribution in [3.05, 3.63) is 35.9 Å². The minimum atomic E-state index is -0.528. The molecule has 1 fully saturated rings. The van der Waals surface area contributed by atoms with E-state index in [0.717, 1.165) is 25.1 Å². The number of carbonyl (C=O) groups is 1. The van der Waals surface area contributed by atoms with Crippen molar-refractivity contribution in [3.8, 4) is 0 Å². The van der Waals surface area contributed by atoms with E-state index in [1.165, 1.54) is 6.42 Å². The molecular weight excluding hydrogens is 224 g/mol. The van der Waals surface area contributed by atoms with E-state index < -0.39 is 6.04 Å². The number of rotatable bonds is 2. The molecule has 2 N–H and O–H groups in total. The smallest absolute Gasteiger partial charge is 0.244 e. The van der Waals surface area contributed by atoms with Gasteiger partial charge in [0.15, 0.2) is 0 Å². The van der Waals surface area contributed by atoms with Crippen LogP contribution in [-0.4, -0.2) is 23.9 Å². The van der Waals surface area contributed by atoms with E-state index in [2.05, 4.69) is 13.8 Å². The van der Waals surface area contributed by atoms with Gasteiger partial charge in [-0.05, 0) is 23.8 Å². The van der Waals surface area contributed by atoms with Gasteiger partial charge in [0, 0.05) is 13.1 Å². The van der Waals surface area contributed by atoms with Gasteiger partial charge in [-0.1, -0.05) is 44.2 Å². The largest absolute Gasteiger partial charge is 0.341 e. The van der Waals surface area contributed by atoms with Crippen LogP contribution >= 0.6 is 0 Å². The predicted octanol–water partition coefficient (Wildman–Crippen LogP) is 2.34. The van der Waals surface area contributed by atoms with Crippen LogP contribution in [-0.2, 0) is 4.79 Å². The fourth-order valence-corrected chi connectivity index (χ4v) is 2.61. The topological polar surface area (TPSA) is 46.3 Å². The van der Waals surface area contributed by atoms with E-state index >= 15 is 0 Å². The fourth-order valence-electron chi connectivity index (χ4n) is 2.61. The molecule has 0 radical (unpaired) electrons. The molecule has 0 spiro atoms. The van der Waals surface area contributed by atoms with Crippen LogP contribution < -0.4 is 5.73 Å². The normalized spacial score (nSPS) is 20.5. The summed E-state index contributed by atoms with van der Waals surface area (Å²) < 4.78 is 0. The SMILES string of the molecule is CC1(C)CCCN(C(=O)[C@H](N)c2ccccc2)C1. The summed E-state index contributed by atoms with van der Waals surface area (Å²) in [5.41, 5.74) is 7.17. The quantitative estimate of drug-likeness (QED) is 0.870. The highest BCUT2D eigenvalue weighted by atomic mass is 16.2. The molecule has 1 heterocycles. The van der Waals surface area contributed by atoms with Gasteiger partial charge in [0.1, 0.15) is 6.04 Å². The molecule has 1 aliphatic heterocycles. The van der Waals surface area contributed by atoms with Gasteiger partial charge < -0.3 is 10.6 Å². The molecule has 0 saturated carbocycles. The number of hydrogen-bond donors (Lipinski definition) is 1. The van der Waals surface area contributed by atoms with Crippen molar-refractivity contribution < 1.29 is 4.79 Å². The highest BCUT2D eigenvalue weighted by molar-refractivity contribution is 5.83. The number of benzene rings is 1. The third-order valence-electron chi connectivity index (χ3n) is 3.64. The average molecular weight is 246 g/mol. The molecule has 1 amide bonds. The molecule has 3 heteroatoms. The van der Waals surface area contributed by atoms with E-state index in [0.29, 0.717) is 0 Å². The number of amides is 1. The Bertz CT molecular complexity index is 414. The molecule has 1 atom stereocenters. The van der Waals surface area contributed by atoms with Gasteiger partial charge in [-0.25, -0.2) is 0 Å². The van der Waals surface area contributed by atoms with Crippen LogP contribution in [0, 0.1) is 5.41 Å². The Morgan fingerprint density at radius 3 is 2.61 bits per heavy atom. The zero-order chi connectivity index (χ0) is 13.2. The number of carbonyl (C=O) groups excluding carboxylic acids is 1. The number of likely N-dealkylation sites (tertiary alicyclic amines) is 1. The van der Waals surface area contributed by atoms with Gasteiger partial charge in [0.05, 0.1) is 0 Å². The molecule has 1 saturated heterocycles. The summed E-state index contributed by atoms with van der Waals surface area (Å²) >= 11 is 0. The van der Waals surface area contributed by atoms with Gasteiger partial charge in [-0.3, -0.25) is 4.79 Å².